The van der Waals surface area contributed by atoms with Crippen LogP contribution in [0.2, 0.25) is 0 Å². The summed E-state index contributed by atoms with van der Waals surface area (Å²) in [4.78, 5) is 10.4. The molecule has 0 rings (SSSR count). The summed E-state index contributed by atoms with van der Waals surface area (Å²) in [6.07, 6.45) is -24.7. The summed E-state index contributed by atoms with van der Waals surface area (Å²) in [5.41, 5.74) is 0. The number of carbonyl (C=O) groups is 1. The molecule has 0 heterocycles. The summed E-state index contributed by atoms with van der Waals surface area (Å²) in [6, 6.07) is 0. The maximum atomic E-state index is 14.0. The van der Waals surface area contributed by atoms with E-state index in [0.29, 0.717) is 0 Å². The van der Waals surface area contributed by atoms with Crippen LogP contribution < -0.4 is 4.70 Å². The molecule has 0 aromatic rings. The maximum absolute atomic E-state index is 14.0. The van der Waals surface area contributed by atoms with Crippen LogP contribution in [0, 0.1) is 0 Å². The van der Waals surface area contributed by atoms with E-state index in [-0.39, 0.29) is 11.6 Å². The molecule has 33 heavy (non-hydrogen) atoms. The van der Waals surface area contributed by atoms with E-state index in [9.17, 15) is 61.9 Å². The van der Waals surface area contributed by atoms with Crippen LogP contribution in [-0.4, -0.2) is 59.2 Å². The fourth-order valence-electron chi connectivity index (χ4n) is 1.43. The van der Waals surface area contributed by atoms with Crippen LogP contribution >= 0.6 is 0 Å². The summed E-state index contributed by atoms with van der Waals surface area (Å²) < 4.78 is 183. The zero-order chi connectivity index (χ0) is 26.4. The highest BCUT2D eigenvalue weighted by atomic mass is 19.4. The number of hydrogen-bond donors (Lipinski definition) is 1. The molecule has 0 aromatic heterocycles. The van der Waals surface area contributed by atoms with Gasteiger partial charge in [-0.25, -0.2) is 22.7 Å². The molecule has 0 saturated carbocycles. The third kappa shape index (κ3) is 7.95. The minimum atomic E-state index is -6.32. The van der Waals surface area contributed by atoms with E-state index in [2.05, 4.69) is 18.9 Å². The van der Waals surface area contributed by atoms with E-state index < -0.39 is 74.8 Å². The van der Waals surface area contributed by atoms with Gasteiger partial charge in [0.15, 0.2) is 0 Å². The summed E-state index contributed by atoms with van der Waals surface area (Å²) in [5, 5.41) is 8.28. The molecule has 0 aromatic carbocycles. The lowest BCUT2D eigenvalue weighted by Crippen LogP contribution is -3.00. The number of ether oxygens (including phenoxy) is 4. The summed E-state index contributed by atoms with van der Waals surface area (Å²) >= 11 is 0. The summed E-state index contributed by atoms with van der Waals surface area (Å²) in [5.74, 6) is -23.7. The SMILES string of the molecule is CC(F)(OC(F)(F)C(C)(F)OC(F)(F)C(C)(F)OC(F)(F)C(C)(F)OC(F)(F)F)C(=O)O.[F-]. The Labute approximate surface area is 173 Å². The predicted molar refractivity (Wildman–Crippen MR) is 70.9 cm³/mol. The quantitative estimate of drug-likeness (QED) is 0.413. The van der Waals surface area contributed by atoms with E-state index in [1.54, 1.807) is 0 Å². The molecule has 0 saturated heterocycles. The van der Waals surface area contributed by atoms with E-state index in [1.165, 1.54) is 0 Å². The van der Waals surface area contributed by atoms with Gasteiger partial charge in [-0.3, -0.25) is 14.2 Å². The monoisotopic (exact) mass is 531 g/mol. The van der Waals surface area contributed by atoms with Crippen molar-refractivity contribution in [1.82, 2.24) is 0 Å². The Morgan fingerprint density at radius 1 is 0.545 bits per heavy atom. The van der Waals surface area contributed by atoms with Gasteiger partial charge in [0.1, 0.15) is 0 Å². The average molecular weight is 531 g/mol. The molecule has 4 unspecified atom stereocenters. The van der Waals surface area contributed by atoms with Gasteiger partial charge in [-0.2, -0.15) is 30.7 Å². The number of aliphatic carboxylic acids is 1. The predicted octanol–water partition coefficient (Wildman–Crippen LogP) is 2.18. The number of rotatable bonds is 11. The van der Waals surface area contributed by atoms with Crippen LogP contribution in [0.5, 0.6) is 0 Å². The minimum absolute atomic E-state index is 0. The summed E-state index contributed by atoms with van der Waals surface area (Å²) in [6.45, 7) is -2.55. The molecule has 4 atom stereocenters. The molecule has 20 heteroatoms. The van der Waals surface area contributed by atoms with Crippen molar-refractivity contribution in [3.05, 3.63) is 0 Å². The van der Waals surface area contributed by atoms with Crippen LogP contribution in [0.15, 0.2) is 0 Å². The third-order valence-corrected chi connectivity index (χ3v) is 3.21. The molecular formula is C13H13F14O6-. The molecule has 1 N–H and O–H groups in total. The Morgan fingerprint density at radius 3 is 1.03 bits per heavy atom. The van der Waals surface area contributed by atoms with E-state index in [4.69, 9.17) is 5.11 Å². The van der Waals surface area contributed by atoms with Crippen molar-refractivity contribution < 1.29 is 90.6 Å². The van der Waals surface area contributed by atoms with Gasteiger partial charge in [0.25, 0.3) is 0 Å². The molecular weight excluding hydrogens is 518 g/mol. The lowest BCUT2D eigenvalue weighted by molar-refractivity contribution is -0.526. The van der Waals surface area contributed by atoms with Crippen LogP contribution in [0.3, 0.4) is 0 Å². The van der Waals surface area contributed by atoms with E-state index in [0.717, 1.165) is 0 Å². The Morgan fingerprint density at radius 2 is 0.788 bits per heavy atom. The van der Waals surface area contributed by atoms with Crippen LogP contribution in [0.4, 0.5) is 57.1 Å². The van der Waals surface area contributed by atoms with Crippen molar-refractivity contribution in [1.29, 1.82) is 0 Å². The molecule has 0 aliphatic rings. The van der Waals surface area contributed by atoms with Crippen LogP contribution in [0.1, 0.15) is 27.7 Å². The number of hydrogen-bond acceptors (Lipinski definition) is 5. The molecule has 0 aliphatic carbocycles. The van der Waals surface area contributed by atoms with Gasteiger partial charge < -0.3 is 9.81 Å². The zero-order valence-corrected chi connectivity index (χ0v) is 16.3. The Hall–Kier alpha value is -1.67. The second-order valence-corrected chi connectivity index (χ2v) is 6.38. The first-order valence-electron chi connectivity index (χ1n) is 7.52. The van der Waals surface area contributed by atoms with Crippen LogP contribution in [0.25, 0.3) is 0 Å². The Kier molecular flexibility index (Phi) is 9.31. The largest absolute Gasteiger partial charge is 1.00 e. The van der Waals surface area contributed by atoms with Gasteiger partial charge >= 0.3 is 54.1 Å². The lowest BCUT2D eigenvalue weighted by Gasteiger charge is -2.40. The number of carboxylic acid groups (broad SMARTS) is 1. The second kappa shape index (κ2) is 9.17. The molecule has 6 nitrogen and oxygen atoms in total. The molecule has 200 valence electrons. The van der Waals surface area contributed by atoms with Crippen LogP contribution in [-0.2, 0) is 23.7 Å². The highest BCUT2D eigenvalue weighted by Gasteiger charge is 2.71. The number of alkyl halides is 13. The zero-order valence-electron chi connectivity index (χ0n) is 16.3. The molecule has 0 radical (unpaired) electrons. The minimum Gasteiger partial charge on any atom is -1.00 e. The maximum Gasteiger partial charge on any atom is 0.525 e. The average Bonchev–Trinajstić information content (AvgIpc) is 2.40. The first kappa shape index (κ1) is 33.5. The van der Waals surface area contributed by atoms with E-state index >= 15 is 0 Å². The Balaban J connectivity index is 0. The lowest BCUT2D eigenvalue weighted by atomic mass is 10.2. The standard InChI is InChI=1S/C13H13F13O6.FH/c1-6(14,5(27)28)29-10(18,19)7(2,15)30-11(20,21)8(3,16)31-12(22,23)9(4,17)32-13(24,25)26;/h1-4H3,(H,27,28);1H/p-1. The second-order valence-electron chi connectivity index (χ2n) is 6.38. The van der Waals surface area contributed by atoms with Gasteiger partial charge in [-0.15, -0.1) is 13.2 Å². The topological polar surface area (TPSA) is 74.2 Å². The molecule has 0 spiro atoms. The first-order valence-corrected chi connectivity index (χ1v) is 7.52. The molecule has 0 fully saturated rings. The Bertz CT molecular complexity index is 688. The van der Waals surface area contributed by atoms with Gasteiger partial charge in [0, 0.05) is 27.7 Å². The van der Waals surface area contributed by atoms with Gasteiger partial charge in [-0.05, 0) is 0 Å². The summed E-state index contributed by atoms with van der Waals surface area (Å²) in [7, 11) is 0. The van der Waals surface area contributed by atoms with Crippen molar-refractivity contribution in [3.8, 4) is 0 Å². The highest BCUT2D eigenvalue weighted by molar-refractivity contribution is 5.74. The molecule has 0 amide bonds. The normalized spacial score (nSPS) is 21.1. The molecule has 0 bridgehead atoms. The van der Waals surface area contributed by atoms with Gasteiger partial charge in [-0.1, -0.05) is 0 Å². The smallest absolute Gasteiger partial charge is 0.525 e. The van der Waals surface area contributed by atoms with Crippen molar-refractivity contribution in [3.63, 3.8) is 0 Å². The molecule has 0 aliphatic heterocycles. The van der Waals surface area contributed by atoms with Gasteiger partial charge in [0.2, 0.25) is 0 Å². The number of carboxylic acids is 1. The van der Waals surface area contributed by atoms with Crippen molar-refractivity contribution in [2.45, 2.75) is 75.8 Å². The fraction of sp³-hybridized carbons (Fsp3) is 0.923. The third-order valence-electron chi connectivity index (χ3n) is 3.21. The highest BCUT2D eigenvalue weighted by Crippen LogP contribution is 2.49. The van der Waals surface area contributed by atoms with Gasteiger partial charge in [0.05, 0.1) is 0 Å². The van der Waals surface area contributed by atoms with E-state index in [1.807, 2.05) is 0 Å². The van der Waals surface area contributed by atoms with Crippen molar-refractivity contribution in [2.75, 3.05) is 0 Å². The van der Waals surface area contributed by atoms with Crippen molar-refractivity contribution >= 4 is 5.97 Å². The fourth-order valence-corrected chi connectivity index (χ4v) is 1.43. The number of halogens is 14. The first-order chi connectivity index (χ1) is 13.5. The van der Waals surface area contributed by atoms with Crippen molar-refractivity contribution in [2.24, 2.45) is 0 Å².